The fourth-order valence-electron chi connectivity index (χ4n) is 2.53. The van der Waals surface area contributed by atoms with E-state index in [1.165, 1.54) is 0 Å². The molecule has 130 valence electrons. The molecule has 26 heavy (non-hydrogen) atoms. The highest BCUT2D eigenvalue weighted by Gasteiger charge is 2.28. The Hall–Kier alpha value is -0.400. The molecule has 0 saturated carbocycles. The molecule has 0 bridgehead atoms. The lowest BCUT2D eigenvalue weighted by molar-refractivity contribution is 0.103. The highest BCUT2D eigenvalue weighted by Crippen LogP contribution is 2.43. The Labute approximate surface area is 193 Å². The van der Waals surface area contributed by atoms with E-state index in [1.807, 2.05) is 45.8 Å². The summed E-state index contributed by atoms with van der Waals surface area (Å²) in [6.07, 6.45) is 0. The maximum absolute atomic E-state index is 12.0. The quantitative estimate of drug-likeness (QED) is 0.151. The molecule has 1 aliphatic carbocycles. The highest BCUT2D eigenvalue weighted by atomic mass is 127. The number of hydrogen-bond acceptors (Lipinski definition) is 6. The van der Waals surface area contributed by atoms with E-state index in [0.717, 1.165) is 37.8 Å². The van der Waals surface area contributed by atoms with Gasteiger partial charge in [0.1, 0.15) is 0 Å². The average molecular weight is 638 g/mol. The molecule has 0 saturated heterocycles. The van der Waals surface area contributed by atoms with E-state index in [1.54, 1.807) is 45.3 Å². The Morgan fingerprint density at radius 1 is 0.692 bits per heavy atom. The standard InChI is InChI=1S/C9H4I2OS2.C9H4OS2/c10-8-5(1-3-13-8)7(12)6-2-4-14-9(6)11;10-7-5-1-3-11-8(5)9-6(7)2-4-12-9/h1-4H;1-4H. The van der Waals surface area contributed by atoms with Crippen LogP contribution in [0.25, 0.3) is 9.75 Å². The van der Waals surface area contributed by atoms with Crippen LogP contribution in [0.4, 0.5) is 0 Å². The number of halogens is 2. The van der Waals surface area contributed by atoms with Crippen molar-refractivity contribution in [3.05, 3.63) is 73.8 Å². The van der Waals surface area contributed by atoms with Crippen LogP contribution in [0.15, 0.2) is 45.8 Å². The van der Waals surface area contributed by atoms with Gasteiger partial charge in [-0.1, -0.05) is 0 Å². The topological polar surface area (TPSA) is 34.1 Å². The van der Waals surface area contributed by atoms with Gasteiger partial charge in [0.15, 0.2) is 11.6 Å². The van der Waals surface area contributed by atoms with Crippen LogP contribution in [0.1, 0.15) is 31.8 Å². The zero-order valence-electron chi connectivity index (χ0n) is 12.8. The van der Waals surface area contributed by atoms with E-state index in [9.17, 15) is 9.59 Å². The SMILES string of the molecule is O=C(c1ccsc1I)c1ccsc1I.O=C1c2ccsc2-c2sccc21. The van der Waals surface area contributed by atoms with E-state index < -0.39 is 0 Å². The van der Waals surface area contributed by atoms with Crippen molar-refractivity contribution in [3.8, 4) is 9.75 Å². The number of carbonyl (C=O) groups excluding carboxylic acids is 2. The minimum atomic E-state index is 0.140. The Morgan fingerprint density at radius 2 is 1.12 bits per heavy atom. The number of thiophene rings is 4. The lowest BCUT2D eigenvalue weighted by atomic mass is 10.1. The summed E-state index contributed by atoms with van der Waals surface area (Å²) >= 11 is 10.9. The molecule has 4 aromatic rings. The first kappa shape index (κ1) is 18.9. The zero-order valence-corrected chi connectivity index (χ0v) is 20.4. The molecule has 0 N–H and O–H groups in total. The van der Waals surface area contributed by atoms with Crippen molar-refractivity contribution in [2.75, 3.05) is 0 Å². The predicted octanol–water partition coefficient (Wildman–Crippen LogP) is 7.27. The van der Waals surface area contributed by atoms with Gasteiger partial charge in [-0.15, -0.1) is 45.3 Å². The lowest BCUT2D eigenvalue weighted by Gasteiger charge is -1.96. The molecule has 0 aliphatic heterocycles. The largest absolute Gasteiger partial charge is 0.289 e. The van der Waals surface area contributed by atoms with Gasteiger partial charge in [0.05, 0.1) is 15.5 Å². The smallest absolute Gasteiger partial charge is 0.196 e. The maximum Gasteiger partial charge on any atom is 0.196 e. The van der Waals surface area contributed by atoms with Crippen LogP contribution in [0.2, 0.25) is 0 Å². The molecule has 2 nitrogen and oxygen atoms in total. The van der Waals surface area contributed by atoms with Crippen LogP contribution in [-0.2, 0) is 0 Å². The van der Waals surface area contributed by atoms with Crippen molar-refractivity contribution >= 4 is 102 Å². The van der Waals surface area contributed by atoms with Crippen molar-refractivity contribution in [2.24, 2.45) is 0 Å². The molecule has 4 aromatic heterocycles. The summed E-state index contributed by atoms with van der Waals surface area (Å²) < 4.78 is 2.13. The number of fused-ring (bicyclic) bond motifs is 3. The van der Waals surface area contributed by atoms with Crippen LogP contribution >= 0.6 is 90.5 Å². The van der Waals surface area contributed by atoms with Gasteiger partial charge in [-0.05, 0) is 91.0 Å². The van der Waals surface area contributed by atoms with Gasteiger partial charge in [0.2, 0.25) is 0 Å². The molecule has 1 aliphatic rings. The van der Waals surface area contributed by atoms with Crippen LogP contribution < -0.4 is 0 Å². The number of ketones is 2. The second kappa shape index (κ2) is 7.92. The normalized spacial score (nSPS) is 11.7. The summed E-state index contributed by atoms with van der Waals surface area (Å²) in [5.74, 6) is 0.337. The van der Waals surface area contributed by atoms with Gasteiger partial charge in [-0.25, -0.2) is 0 Å². The molecule has 0 spiro atoms. The van der Waals surface area contributed by atoms with Crippen molar-refractivity contribution in [1.29, 1.82) is 0 Å². The molecular weight excluding hydrogens is 630 g/mol. The minimum absolute atomic E-state index is 0.140. The second-order valence-electron chi connectivity index (χ2n) is 5.20. The summed E-state index contributed by atoms with van der Waals surface area (Å²) in [6, 6.07) is 7.61. The van der Waals surface area contributed by atoms with E-state index in [4.69, 9.17) is 0 Å². The summed E-state index contributed by atoms with van der Waals surface area (Å²) in [4.78, 5) is 26.0. The highest BCUT2D eigenvalue weighted by molar-refractivity contribution is 14.1. The molecule has 0 fully saturated rings. The fourth-order valence-corrected chi connectivity index (χ4v) is 7.46. The molecule has 0 atom stereocenters. The first-order chi connectivity index (χ1) is 12.6. The Kier molecular flexibility index (Phi) is 5.77. The van der Waals surface area contributed by atoms with Crippen molar-refractivity contribution in [3.63, 3.8) is 0 Å². The monoisotopic (exact) mass is 638 g/mol. The summed E-state index contributed by atoms with van der Waals surface area (Å²) in [5, 5.41) is 7.86. The van der Waals surface area contributed by atoms with E-state index in [0.29, 0.717) is 0 Å². The molecular formula is C18H8I2O2S4. The van der Waals surface area contributed by atoms with E-state index >= 15 is 0 Å². The van der Waals surface area contributed by atoms with E-state index in [-0.39, 0.29) is 11.6 Å². The molecule has 0 amide bonds. The van der Waals surface area contributed by atoms with Crippen LogP contribution in [0.3, 0.4) is 0 Å². The van der Waals surface area contributed by atoms with Crippen molar-refractivity contribution in [2.45, 2.75) is 0 Å². The first-order valence-electron chi connectivity index (χ1n) is 7.28. The van der Waals surface area contributed by atoms with Gasteiger partial charge >= 0.3 is 0 Å². The summed E-state index contributed by atoms with van der Waals surface area (Å²) in [7, 11) is 0. The van der Waals surface area contributed by atoms with Gasteiger partial charge < -0.3 is 0 Å². The Bertz CT molecular complexity index is 1030. The Morgan fingerprint density at radius 3 is 1.50 bits per heavy atom. The van der Waals surface area contributed by atoms with Crippen LogP contribution in [0.5, 0.6) is 0 Å². The minimum Gasteiger partial charge on any atom is -0.289 e. The molecule has 0 unspecified atom stereocenters. The van der Waals surface area contributed by atoms with Crippen molar-refractivity contribution < 1.29 is 9.59 Å². The number of hydrogen-bond donors (Lipinski definition) is 0. The van der Waals surface area contributed by atoms with Crippen LogP contribution in [0, 0.1) is 5.77 Å². The molecule has 0 radical (unpaired) electrons. The van der Waals surface area contributed by atoms with Crippen LogP contribution in [-0.4, -0.2) is 11.6 Å². The van der Waals surface area contributed by atoms with Crippen molar-refractivity contribution in [1.82, 2.24) is 0 Å². The van der Waals surface area contributed by atoms with Gasteiger partial charge in [0, 0.05) is 22.3 Å². The predicted molar refractivity (Wildman–Crippen MR) is 129 cm³/mol. The second-order valence-corrected chi connectivity index (χ2v) is 12.5. The third-order valence-electron chi connectivity index (χ3n) is 3.75. The molecule has 8 heteroatoms. The first-order valence-corrected chi connectivity index (χ1v) is 13.0. The summed E-state index contributed by atoms with van der Waals surface area (Å²) in [6.45, 7) is 0. The Balaban J connectivity index is 0.000000130. The zero-order chi connectivity index (χ0) is 18.3. The van der Waals surface area contributed by atoms with E-state index in [2.05, 4.69) is 45.2 Å². The number of rotatable bonds is 2. The van der Waals surface area contributed by atoms with Gasteiger partial charge in [-0.2, -0.15) is 0 Å². The lowest BCUT2D eigenvalue weighted by Crippen LogP contribution is -2.00. The molecule has 4 heterocycles. The van der Waals surface area contributed by atoms with Gasteiger partial charge in [0.25, 0.3) is 0 Å². The molecule has 5 rings (SSSR count). The fraction of sp³-hybridized carbons (Fsp3) is 0. The van der Waals surface area contributed by atoms with Gasteiger partial charge in [-0.3, -0.25) is 9.59 Å². The third-order valence-corrected chi connectivity index (χ3v) is 9.83. The maximum atomic E-state index is 12.0. The number of carbonyl (C=O) groups is 2. The molecule has 0 aromatic carbocycles. The third kappa shape index (κ3) is 3.39. The summed E-state index contributed by atoms with van der Waals surface area (Å²) in [5.41, 5.74) is 3.43. The average Bonchev–Trinajstić information content (AvgIpc) is 3.40.